The van der Waals surface area contributed by atoms with Gasteiger partial charge in [0.15, 0.2) is 0 Å². The molecule has 1 aliphatic heterocycles. The lowest BCUT2D eigenvalue weighted by molar-refractivity contribution is 0.523. The fourth-order valence-electron chi connectivity index (χ4n) is 1.53. The number of fused-ring (bicyclic) bond motifs is 1. The van der Waals surface area contributed by atoms with Gasteiger partial charge in [0, 0.05) is 10.2 Å². The number of hydrazine groups is 1. The zero-order chi connectivity index (χ0) is 11.8. The molecule has 0 atom stereocenters. The lowest BCUT2D eigenvalue weighted by Gasteiger charge is -2.20. The molecule has 1 N–H and O–H groups in total. The van der Waals surface area contributed by atoms with E-state index in [0.29, 0.717) is 10.8 Å². The third kappa shape index (κ3) is 1.83. The molecule has 1 aromatic carbocycles. The van der Waals surface area contributed by atoms with E-state index < -0.39 is 0 Å². The number of nitrogens with one attached hydrogen (secondary N) is 1. The second kappa shape index (κ2) is 3.74. The van der Waals surface area contributed by atoms with Crippen LogP contribution in [0.25, 0.3) is 6.20 Å². The molecule has 1 aliphatic rings. The van der Waals surface area contributed by atoms with Gasteiger partial charge in [-0.05, 0) is 25.1 Å². The van der Waals surface area contributed by atoms with Crippen LogP contribution in [0.3, 0.4) is 0 Å². The van der Waals surface area contributed by atoms with Crippen LogP contribution in [-0.2, 0) is 0 Å². The number of hydrogen-bond acceptors (Lipinski definition) is 5. The van der Waals surface area contributed by atoms with Crippen molar-refractivity contribution < 1.29 is 0 Å². The van der Waals surface area contributed by atoms with E-state index in [1.165, 1.54) is 0 Å². The van der Waals surface area contributed by atoms with Crippen LogP contribution in [0.5, 0.6) is 0 Å². The Morgan fingerprint density at radius 3 is 3.00 bits per heavy atom. The quantitative estimate of drug-likeness (QED) is 0.751. The summed E-state index contributed by atoms with van der Waals surface area (Å²) in [4.78, 5) is 5.62. The number of aryl methyl sites for hydroxylation is 1. The first-order valence-corrected chi connectivity index (χ1v) is 5.39. The Balaban J connectivity index is 2.06. The topological polar surface area (TPSA) is 58.3 Å². The van der Waals surface area contributed by atoms with Crippen molar-refractivity contribution in [1.29, 1.82) is 0 Å². The Kier molecular flexibility index (Phi) is 2.22. The maximum atomic E-state index is 5.89. The third-order valence-electron chi connectivity index (χ3n) is 2.34. The fourth-order valence-corrected chi connectivity index (χ4v) is 1.70. The molecule has 2 aromatic rings. The van der Waals surface area contributed by atoms with Crippen LogP contribution >= 0.6 is 11.6 Å². The van der Waals surface area contributed by atoms with Crippen LogP contribution in [0.2, 0.25) is 5.02 Å². The van der Waals surface area contributed by atoms with Crippen LogP contribution in [0, 0.1) is 6.92 Å². The fraction of sp³-hybridized carbons (Fsp3) is 0.100. The summed E-state index contributed by atoms with van der Waals surface area (Å²) in [5, 5.41) is 12.4. The number of benzene rings is 1. The highest BCUT2D eigenvalue weighted by molar-refractivity contribution is 6.30. The lowest BCUT2D eigenvalue weighted by atomic mass is 10.3. The van der Waals surface area contributed by atoms with E-state index in [0.717, 1.165) is 10.6 Å². The van der Waals surface area contributed by atoms with E-state index in [2.05, 4.69) is 20.7 Å². The summed E-state index contributed by atoms with van der Waals surface area (Å²) in [5.41, 5.74) is 2.84. The van der Waals surface area contributed by atoms with Gasteiger partial charge in [-0.1, -0.05) is 11.6 Å². The first-order chi connectivity index (χ1) is 8.22. The lowest BCUT2D eigenvalue weighted by Crippen LogP contribution is -2.48. The molecule has 1 aromatic heterocycles. The summed E-state index contributed by atoms with van der Waals surface area (Å²) in [6.45, 7) is 1.82. The van der Waals surface area contributed by atoms with Gasteiger partial charge in [-0.2, -0.15) is 15.8 Å². The Bertz CT molecular complexity index is 676. The van der Waals surface area contributed by atoms with E-state index in [1.807, 2.05) is 25.3 Å². The molecule has 0 radical (unpaired) electrons. The maximum Gasteiger partial charge on any atom is 0.149 e. The van der Waals surface area contributed by atoms with Gasteiger partial charge in [-0.15, -0.1) is 9.89 Å². The molecule has 6 nitrogen and oxygen atoms in total. The largest absolute Gasteiger partial charge is 0.218 e. The zero-order valence-electron chi connectivity index (χ0n) is 9.00. The predicted molar refractivity (Wildman–Crippen MR) is 62.8 cm³/mol. The van der Waals surface area contributed by atoms with E-state index in [1.54, 1.807) is 22.3 Å². The normalized spacial score (nSPS) is 13.4. The van der Waals surface area contributed by atoms with E-state index in [-0.39, 0.29) is 0 Å². The minimum atomic E-state index is 0.660. The molecule has 0 aliphatic carbocycles. The number of aromatic nitrogens is 3. The standard InChI is InChI=1S/C10H9ClN6/c1-7-12-6-17(14-7)16-5-8-2-3-9(11)4-10(8)13-15-16/h2-6,15H,1H3. The number of halogens is 1. The average Bonchev–Trinajstić information content (AvgIpc) is 2.75. The molecule has 86 valence electrons. The van der Waals surface area contributed by atoms with Gasteiger partial charge in [0.1, 0.15) is 12.2 Å². The van der Waals surface area contributed by atoms with Crippen LogP contribution in [0.4, 0.5) is 0 Å². The highest BCUT2D eigenvalue weighted by Gasteiger charge is 2.06. The monoisotopic (exact) mass is 248 g/mol. The smallest absolute Gasteiger partial charge is 0.149 e. The molecule has 17 heavy (non-hydrogen) atoms. The summed E-state index contributed by atoms with van der Waals surface area (Å²) >= 11 is 5.89. The van der Waals surface area contributed by atoms with Gasteiger partial charge < -0.3 is 0 Å². The van der Waals surface area contributed by atoms with Gasteiger partial charge in [0.2, 0.25) is 0 Å². The van der Waals surface area contributed by atoms with Gasteiger partial charge >= 0.3 is 0 Å². The van der Waals surface area contributed by atoms with Crippen molar-refractivity contribution in [2.24, 2.45) is 5.10 Å². The Morgan fingerprint density at radius 1 is 1.35 bits per heavy atom. The van der Waals surface area contributed by atoms with Crippen LogP contribution in [0.15, 0.2) is 29.6 Å². The summed E-state index contributed by atoms with van der Waals surface area (Å²) < 4.78 is 0. The molecule has 0 bridgehead atoms. The third-order valence-corrected chi connectivity index (χ3v) is 2.58. The molecule has 0 fully saturated rings. The molecule has 0 saturated heterocycles. The van der Waals surface area contributed by atoms with Crippen molar-refractivity contribution in [3.05, 3.63) is 45.9 Å². The first kappa shape index (κ1) is 10.1. The van der Waals surface area contributed by atoms with Crippen LogP contribution in [-0.4, -0.2) is 14.9 Å². The summed E-state index contributed by atoms with van der Waals surface area (Å²) in [6, 6.07) is 5.52. The van der Waals surface area contributed by atoms with E-state index in [4.69, 9.17) is 11.6 Å². The molecule has 7 heteroatoms. The number of rotatable bonds is 1. The molecule has 0 unspecified atom stereocenters. The van der Waals surface area contributed by atoms with Gasteiger partial charge in [-0.3, -0.25) is 0 Å². The number of nitrogens with zero attached hydrogens (tertiary/aromatic N) is 5. The van der Waals surface area contributed by atoms with Crippen molar-refractivity contribution in [2.75, 3.05) is 5.12 Å². The zero-order valence-corrected chi connectivity index (χ0v) is 9.76. The van der Waals surface area contributed by atoms with E-state index in [9.17, 15) is 0 Å². The second-order valence-corrected chi connectivity index (χ2v) is 4.04. The van der Waals surface area contributed by atoms with Gasteiger partial charge in [0.25, 0.3) is 0 Å². The molecule has 3 rings (SSSR count). The Hall–Kier alpha value is -2.08. The highest BCUT2D eigenvalue weighted by Crippen LogP contribution is 2.00. The second-order valence-electron chi connectivity index (χ2n) is 3.60. The van der Waals surface area contributed by atoms with Gasteiger partial charge in [0.05, 0.1) is 11.6 Å². The Morgan fingerprint density at radius 2 is 2.24 bits per heavy atom. The summed E-state index contributed by atoms with van der Waals surface area (Å²) in [7, 11) is 0. The van der Waals surface area contributed by atoms with Crippen molar-refractivity contribution >= 4 is 17.8 Å². The first-order valence-electron chi connectivity index (χ1n) is 5.01. The molecule has 0 saturated carbocycles. The summed E-state index contributed by atoms with van der Waals surface area (Å²) in [5.74, 6) is 0.696. The molecule has 2 heterocycles. The summed E-state index contributed by atoms with van der Waals surface area (Å²) in [6.07, 6.45) is 3.47. The van der Waals surface area contributed by atoms with Crippen molar-refractivity contribution in [3.63, 3.8) is 0 Å². The maximum absolute atomic E-state index is 5.89. The Labute approximate surface area is 102 Å². The minimum Gasteiger partial charge on any atom is -0.218 e. The SMILES string of the molecule is Cc1ncn(N2C=c3ccc(Cl)cc3=NN2)n1. The molecule has 0 spiro atoms. The molecule has 0 amide bonds. The number of hydrogen-bond donors (Lipinski definition) is 1. The highest BCUT2D eigenvalue weighted by atomic mass is 35.5. The molecular weight excluding hydrogens is 240 g/mol. The van der Waals surface area contributed by atoms with Crippen molar-refractivity contribution in [1.82, 2.24) is 20.4 Å². The van der Waals surface area contributed by atoms with Crippen molar-refractivity contribution in [3.8, 4) is 0 Å². The van der Waals surface area contributed by atoms with Crippen LogP contribution < -0.4 is 21.2 Å². The van der Waals surface area contributed by atoms with Crippen molar-refractivity contribution in [2.45, 2.75) is 6.92 Å². The predicted octanol–water partition coefficient (Wildman–Crippen LogP) is -0.331. The average molecular weight is 249 g/mol. The van der Waals surface area contributed by atoms with Gasteiger partial charge in [-0.25, -0.2) is 4.98 Å². The minimum absolute atomic E-state index is 0.660. The van der Waals surface area contributed by atoms with Crippen LogP contribution in [0.1, 0.15) is 5.82 Å². The molecular formula is C10H9ClN6. The van der Waals surface area contributed by atoms with E-state index >= 15 is 0 Å².